The Morgan fingerprint density at radius 3 is 2.72 bits per heavy atom. The van der Waals surface area contributed by atoms with E-state index in [4.69, 9.17) is 14.5 Å². The lowest BCUT2D eigenvalue weighted by Gasteiger charge is -2.45. The van der Waals surface area contributed by atoms with Crippen LogP contribution in [0.5, 0.6) is 0 Å². The lowest BCUT2D eigenvalue weighted by atomic mass is 9.57. The monoisotopic (exact) mass is 475 g/mol. The number of nitriles is 1. The van der Waals surface area contributed by atoms with E-state index >= 15 is 0 Å². The van der Waals surface area contributed by atoms with Gasteiger partial charge in [0.05, 0.1) is 28.2 Å². The highest BCUT2D eigenvalue weighted by atomic mass is 16.5. The van der Waals surface area contributed by atoms with Crippen molar-refractivity contribution in [2.45, 2.75) is 46.0 Å². The van der Waals surface area contributed by atoms with Gasteiger partial charge in [0.15, 0.2) is 11.6 Å². The summed E-state index contributed by atoms with van der Waals surface area (Å²) in [5.74, 6) is 0.958. The van der Waals surface area contributed by atoms with Gasteiger partial charge in [-0.15, -0.1) is 0 Å². The van der Waals surface area contributed by atoms with Crippen LogP contribution in [-0.4, -0.2) is 25.9 Å². The summed E-state index contributed by atoms with van der Waals surface area (Å²) in [4.78, 5) is 27.6. The smallest absolute Gasteiger partial charge is 0.176 e. The number of benzene rings is 1. The van der Waals surface area contributed by atoms with E-state index in [9.17, 15) is 10.1 Å². The summed E-state index contributed by atoms with van der Waals surface area (Å²) in [6.45, 7) is 7.85. The summed E-state index contributed by atoms with van der Waals surface area (Å²) < 4.78 is 5.53. The van der Waals surface area contributed by atoms with Crippen molar-refractivity contribution in [2.75, 3.05) is 0 Å². The molecule has 4 aromatic rings. The lowest BCUT2D eigenvalue weighted by molar-refractivity contribution is -0.121. The van der Waals surface area contributed by atoms with Crippen LogP contribution in [-0.2, 0) is 16.6 Å². The lowest BCUT2D eigenvalue weighted by Crippen LogP contribution is -2.46. The number of hydrogen-bond acceptors (Lipinski definition) is 7. The average molecular weight is 476 g/mol. The van der Waals surface area contributed by atoms with Gasteiger partial charge in [0.2, 0.25) is 0 Å². The number of aromatic nitrogens is 4. The Labute approximate surface area is 208 Å². The number of Topliss-reactive ketones (excluding diaryl/α,β-unsaturated/α-hetero) is 1. The van der Waals surface area contributed by atoms with Crippen molar-refractivity contribution in [1.82, 2.24) is 20.1 Å². The first-order valence-corrected chi connectivity index (χ1v) is 12.2. The second-order valence-electron chi connectivity index (χ2n) is 10.1. The van der Waals surface area contributed by atoms with Gasteiger partial charge in [-0.25, -0.2) is 9.97 Å². The molecule has 36 heavy (non-hydrogen) atoms. The van der Waals surface area contributed by atoms with Crippen LogP contribution in [0.3, 0.4) is 0 Å². The maximum Gasteiger partial charge on any atom is 0.176 e. The molecule has 6 rings (SSSR count). The van der Waals surface area contributed by atoms with Gasteiger partial charge in [-0.2, -0.15) is 5.26 Å². The van der Waals surface area contributed by atoms with E-state index in [-0.39, 0.29) is 23.2 Å². The molecule has 0 radical (unpaired) electrons. The van der Waals surface area contributed by atoms with Gasteiger partial charge >= 0.3 is 0 Å². The molecular weight excluding hydrogens is 450 g/mol. The molecule has 2 aliphatic rings. The number of rotatable bonds is 2. The summed E-state index contributed by atoms with van der Waals surface area (Å²) in [5.41, 5.74) is 4.77. The second kappa shape index (κ2) is 7.92. The standard InChI is InChI=1S/C29H25N5O2/c1-15-23-10-9-21-25(24-16(2)34-36-17(24)3)32-28(22-14-31-13-18-7-5-6-8-20(18)22)33-27(21)29(23,4)11-19(12-30)26(15)35/h5-8,11,13-15,23H,9-10H2,1-4H3/t15-,23-,29-/m1/s1. The minimum atomic E-state index is -0.588. The Bertz CT molecular complexity index is 1620. The topological polar surface area (TPSA) is 106 Å². The zero-order valence-corrected chi connectivity index (χ0v) is 20.7. The molecule has 0 bridgehead atoms. The van der Waals surface area contributed by atoms with Gasteiger partial charge in [-0.1, -0.05) is 49.3 Å². The molecule has 7 heteroatoms. The van der Waals surface area contributed by atoms with Crippen molar-refractivity contribution in [3.8, 4) is 28.7 Å². The van der Waals surface area contributed by atoms with Crippen molar-refractivity contribution in [2.24, 2.45) is 11.8 Å². The minimum absolute atomic E-state index is 0.0421. The van der Waals surface area contributed by atoms with E-state index in [1.165, 1.54) is 0 Å². The van der Waals surface area contributed by atoms with E-state index in [0.29, 0.717) is 11.6 Å². The summed E-state index contributed by atoms with van der Waals surface area (Å²) in [6.07, 6.45) is 7.01. The number of hydrogen-bond donors (Lipinski definition) is 0. The molecular formula is C29H25N5O2. The van der Waals surface area contributed by atoms with Crippen molar-refractivity contribution >= 4 is 16.6 Å². The Kier molecular flexibility index (Phi) is 4.91. The SMILES string of the molecule is Cc1noc(C)c1-c1nc(-c2cncc3ccccc23)nc2c1CC[C@@H]1[C@@H](C)C(=O)C(C#N)=C[C@@]21C. The molecule has 1 aromatic carbocycles. The van der Waals surface area contributed by atoms with Crippen molar-refractivity contribution < 1.29 is 9.32 Å². The maximum absolute atomic E-state index is 12.9. The van der Waals surface area contributed by atoms with Gasteiger partial charge in [0.25, 0.3) is 0 Å². The van der Waals surface area contributed by atoms with Crippen molar-refractivity contribution in [3.63, 3.8) is 0 Å². The van der Waals surface area contributed by atoms with Crippen LogP contribution in [0.25, 0.3) is 33.4 Å². The molecule has 0 saturated carbocycles. The molecule has 7 nitrogen and oxygen atoms in total. The van der Waals surface area contributed by atoms with Gasteiger partial charge in [-0.3, -0.25) is 9.78 Å². The molecule has 0 saturated heterocycles. The number of aryl methyl sites for hydroxylation is 2. The normalized spacial score (nSPS) is 23.1. The summed E-state index contributed by atoms with van der Waals surface area (Å²) in [6, 6.07) is 10.2. The first kappa shape index (κ1) is 22.3. The second-order valence-corrected chi connectivity index (χ2v) is 10.1. The molecule has 0 fully saturated rings. The van der Waals surface area contributed by atoms with Gasteiger partial charge in [0, 0.05) is 40.2 Å². The predicted molar refractivity (Wildman–Crippen MR) is 135 cm³/mol. The summed E-state index contributed by atoms with van der Waals surface area (Å²) >= 11 is 0. The van der Waals surface area contributed by atoms with E-state index < -0.39 is 5.41 Å². The maximum atomic E-state index is 12.9. The number of nitrogens with zero attached hydrogens (tertiary/aromatic N) is 5. The van der Waals surface area contributed by atoms with Crippen LogP contribution in [0.15, 0.2) is 52.8 Å². The molecule has 3 heterocycles. The number of carbonyl (C=O) groups excluding carboxylic acids is 1. The van der Waals surface area contributed by atoms with Crippen LogP contribution >= 0.6 is 0 Å². The zero-order valence-electron chi connectivity index (χ0n) is 20.7. The number of pyridine rings is 1. The molecule has 0 N–H and O–H groups in total. The molecule has 3 atom stereocenters. The third kappa shape index (κ3) is 3.07. The van der Waals surface area contributed by atoms with Crippen LogP contribution < -0.4 is 0 Å². The fourth-order valence-electron chi connectivity index (χ4n) is 6.22. The van der Waals surface area contributed by atoms with Crippen LogP contribution in [0.2, 0.25) is 0 Å². The fourth-order valence-corrected chi connectivity index (χ4v) is 6.22. The Balaban J connectivity index is 1.71. The largest absolute Gasteiger partial charge is 0.361 e. The quantitative estimate of drug-likeness (QED) is 0.379. The summed E-state index contributed by atoms with van der Waals surface area (Å²) in [5, 5.41) is 16.0. The van der Waals surface area contributed by atoms with E-state index in [1.807, 2.05) is 57.3 Å². The van der Waals surface area contributed by atoms with E-state index in [2.05, 4.69) is 23.1 Å². The number of ketones is 1. The van der Waals surface area contributed by atoms with Crippen molar-refractivity contribution in [1.29, 1.82) is 5.26 Å². The third-order valence-electron chi connectivity index (χ3n) is 8.02. The zero-order chi connectivity index (χ0) is 25.2. The molecule has 0 unspecified atom stereocenters. The van der Waals surface area contributed by atoms with Gasteiger partial charge in [-0.05, 0) is 38.0 Å². The Morgan fingerprint density at radius 1 is 1.17 bits per heavy atom. The molecule has 0 spiro atoms. The number of allylic oxidation sites excluding steroid dienone is 2. The Hall–Kier alpha value is -4.18. The number of fused-ring (bicyclic) bond motifs is 4. The van der Waals surface area contributed by atoms with Gasteiger partial charge < -0.3 is 4.52 Å². The highest BCUT2D eigenvalue weighted by Gasteiger charge is 2.50. The average Bonchev–Trinajstić information content (AvgIpc) is 3.22. The number of carbonyl (C=O) groups is 1. The predicted octanol–water partition coefficient (Wildman–Crippen LogP) is 5.45. The third-order valence-corrected chi connectivity index (χ3v) is 8.02. The highest BCUT2D eigenvalue weighted by molar-refractivity contribution is 6.02. The molecule has 0 amide bonds. The molecule has 0 aliphatic heterocycles. The van der Waals surface area contributed by atoms with Crippen molar-refractivity contribution in [3.05, 3.63) is 71.0 Å². The first-order chi connectivity index (χ1) is 17.3. The van der Waals surface area contributed by atoms with Crippen LogP contribution in [0.4, 0.5) is 0 Å². The van der Waals surface area contributed by atoms with Crippen LogP contribution in [0.1, 0.15) is 43.0 Å². The Morgan fingerprint density at radius 2 is 1.97 bits per heavy atom. The fraction of sp³-hybridized carbons (Fsp3) is 0.310. The highest BCUT2D eigenvalue weighted by Crippen LogP contribution is 2.51. The first-order valence-electron chi connectivity index (χ1n) is 12.2. The molecule has 178 valence electrons. The van der Waals surface area contributed by atoms with Crippen LogP contribution in [0, 0.1) is 37.0 Å². The minimum Gasteiger partial charge on any atom is -0.361 e. The van der Waals surface area contributed by atoms with E-state index in [1.54, 1.807) is 6.20 Å². The van der Waals surface area contributed by atoms with E-state index in [0.717, 1.165) is 57.4 Å². The van der Waals surface area contributed by atoms with Gasteiger partial charge in [0.1, 0.15) is 11.8 Å². The molecule has 2 aliphatic carbocycles. The summed E-state index contributed by atoms with van der Waals surface area (Å²) in [7, 11) is 0. The molecule has 3 aromatic heterocycles.